The lowest BCUT2D eigenvalue weighted by atomic mass is 9.85. The van der Waals surface area contributed by atoms with Gasteiger partial charge in [-0.1, -0.05) is 24.6 Å². The normalized spacial score (nSPS) is 25.9. The van der Waals surface area contributed by atoms with E-state index in [-0.39, 0.29) is 0 Å². The van der Waals surface area contributed by atoms with Crippen LogP contribution in [-0.4, -0.2) is 43.1 Å². The molecule has 2 aliphatic rings. The lowest BCUT2D eigenvalue weighted by Crippen LogP contribution is -2.49. The van der Waals surface area contributed by atoms with Gasteiger partial charge >= 0.3 is 0 Å². The minimum absolute atomic E-state index is 0.365. The summed E-state index contributed by atoms with van der Waals surface area (Å²) in [7, 11) is 1.70. The van der Waals surface area contributed by atoms with Crippen LogP contribution in [0.15, 0.2) is 29.3 Å². The summed E-state index contributed by atoms with van der Waals surface area (Å²) in [6.07, 6.45) is 6.38. The second kappa shape index (κ2) is 7.79. The molecule has 0 radical (unpaired) electrons. The molecule has 23 heavy (non-hydrogen) atoms. The van der Waals surface area contributed by atoms with E-state index in [1.54, 1.807) is 7.11 Å². The van der Waals surface area contributed by atoms with Gasteiger partial charge in [0.05, 0.1) is 12.6 Å². The lowest BCUT2D eigenvalue weighted by Gasteiger charge is -2.43. The van der Waals surface area contributed by atoms with Crippen molar-refractivity contribution in [3.05, 3.63) is 29.8 Å². The molecule has 126 valence electrons. The number of piperidine rings is 1. The summed E-state index contributed by atoms with van der Waals surface area (Å²) in [5.74, 6) is 0.510. The van der Waals surface area contributed by atoms with Gasteiger partial charge in [0.15, 0.2) is 5.96 Å². The molecule has 1 heterocycles. The number of rotatable bonds is 5. The van der Waals surface area contributed by atoms with E-state index < -0.39 is 0 Å². The molecule has 3 N–H and O–H groups in total. The Morgan fingerprint density at radius 3 is 2.74 bits per heavy atom. The standard InChI is InChI=1S/C18H28N4O/c1-23-13-14-7-3-4-8-17(14)21-18(19)20-15-11-16(12-15)22-9-5-2-6-10-22/h3-4,7-8,15-16H,2,5-6,9-13H2,1H3,(H3,19,20,21). The van der Waals surface area contributed by atoms with Gasteiger partial charge in [0.1, 0.15) is 0 Å². The van der Waals surface area contributed by atoms with Crippen LogP contribution in [0, 0.1) is 0 Å². The van der Waals surface area contributed by atoms with Crippen LogP contribution in [0.2, 0.25) is 0 Å². The van der Waals surface area contributed by atoms with Gasteiger partial charge in [-0.15, -0.1) is 0 Å². The van der Waals surface area contributed by atoms with Crippen LogP contribution >= 0.6 is 0 Å². The highest BCUT2D eigenvalue weighted by Crippen LogP contribution is 2.30. The Morgan fingerprint density at radius 2 is 2.00 bits per heavy atom. The van der Waals surface area contributed by atoms with Crippen molar-refractivity contribution in [2.75, 3.05) is 25.5 Å². The first-order chi connectivity index (χ1) is 11.3. The highest BCUT2D eigenvalue weighted by atomic mass is 16.5. The van der Waals surface area contributed by atoms with Crippen molar-refractivity contribution in [1.29, 1.82) is 0 Å². The topological polar surface area (TPSA) is 62.9 Å². The molecule has 0 bridgehead atoms. The van der Waals surface area contributed by atoms with E-state index >= 15 is 0 Å². The monoisotopic (exact) mass is 316 g/mol. The van der Waals surface area contributed by atoms with Crippen molar-refractivity contribution in [1.82, 2.24) is 4.90 Å². The molecular formula is C18H28N4O. The summed E-state index contributed by atoms with van der Waals surface area (Å²) < 4.78 is 5.22. The van der Waals surface area contributed by atoms with Crippen molar-refractivity contribution < 1.29 is 4.74 Å². The third kappa shape index (κ3) is 4.24. The fourth-order valence-electron chi connectivity index (χ4n) is 3.54. The van der Waals surface area contributed by atoms with Gasteiger partial charge in [0, 0.05) is 24.4 Å². The van der Waals surface area contributed by atoms with Crippen LogP contribution in [0.5, 0.6) is 0 Å². The lowest BCUT2D eigenvalue weighted by molar-refractivity contribution is 0.0912. The maximum Gasteiger partial charge on any atom is 0.193 e. The van der Waals surface area contributed by atoms with Crippen LogP contribution in [0.3, 0.4) is 0 Å². The number of anilines is 1. The third-order valence-corrected chi connectivity index (χ3v) is 4.90. The zero-order valence-corrected chi connectivity index (χ0v) is 14.0. The Hall–Kier alpha value is -1.59. The molecule has 1 saturated heterocycles. The van der Waals surface area contributed by atoms with Crippen molar-refractivity contribution in [2.45, 2.75) is 50.8 Å². The zero-order valence-electron chi connectivity index (χ0n) is 14.0. The molecule has 0 atom stereocenters. The number of nitrogens with two attached hydrogens (primary N) is 1. The van der Waals surface area contributed by atoms with Crippen LogP contribution in [-0.2, 0) is 11.3 Å². The molecule has 5 nitrogen and oxygen atoms in total. The first kappa shape index (κ1) is 16.3. The molecule has 0 aromatic heterocycles. The summed E-state index contributed by atoms with van der Waals surface area (Å²) in [5, 5.41) is 3.22. The first-order valence-corrected chi connectivity index (χ1v) is 8.67. The number of likely N-dealkylation sites (tertiary alicyclic amines) is 1. The van der Waals surface area contributed by atoms with Gasteiger partial charge in [0.25, 0.3) is 0 Å². The molecule has 1 saturated carbocycles. The van der Waals surface area contributed by atoms with Gasteiger partial charge in [-0.05, 0) is 44.8 Å². The number of nitrogens with one attached hydrogen (secondary N) is 1. The number of benzene rings is 1. The third-order valence-electron chi connectivity index (χ3n) is 4.90. The van der Waals surface area contributed by atoms with Crippen molar-refractivity contribution in [3.8, 4) is 0 Å². The van der Waals surface area contributed by atoms with E-state index in [1.165, 1.54) is 32.4 Å². The highest BCUT2D eigenvalue weighted by molar-refractivity contribution is 5.93. The molecule has 1 aliphatic carbocycles. The largest absolute Gasteiger partial charge is 0.380 e. The number of guanidine groups is 1. The Balaban J connectivity index is 1.51. The van der Waals surface area contributed by atoms with E-state index in [9.17, 15) is 0 Å². The smallest absolute Gasteiger partial charge is 0.193 e. The summed E-state index contributed by atoms with van der Waals surface area (Å²) >= 11 is 0. The van der Waals surface area contributed by atoms with E-state index in [4.69, 9.17) is 10.5 Å². The average Bonchev–Trinajstić information content (AvgIpc) is 2.53. The van der Waals surface area contributed by atoms with E-state index in [0.29, 0.717) is 18.6 Å². The first-order valence-electron chi connectivity index (χ1n) is 8.67. The fraction of sp³-hybridized carbons (Fsp3) is 0.611. The zero-order chi connectivity index (χ0) is 16.1. The van der Waals surface area contributed by atoms with Crippen molar-refractivity contribution in [2.24, 2.45) is 10.7 Å². The molecule has 5 heteroatoms. The SMILES string of the molecule is COCc1ccccc1NC(N)=NC1CC(N2CCCCC2)C1. The highest BCUT2D eigenvalue weighted by Gasteiger charge is 2.34. The van der Waals surface area contributed by atoms with Crippen LogP contribution in [0.25, 0.3) is 0 Å². The maximum absolute atomic E-state index is 6.09. The predicted octanol–water partition coefficient (Wildman–Crippen LogP) is 2.58. The summed E-state index contributed by atoms with van der Waals surface area (Å²) in [6.45, 7) is 3.09. The molecule has 1 aromatic carbocycles. The summed E-state index contributed by atoms with van der Waals surface area (Å²) in [6, 6.07) is 9.12. The second-order valence-corrected chi connectivity index (χ2v) is 6.61. The van der Waals surface area contributed by atoms with Gasteiger partial charge in [-0.3, -0.25) is 0 Å². The number of aliphatic imine (C=N–C) groups is 1. The average molecular weight is 316 g/mol. The van der Waals surface area contributed by atoms with Gasteiger partial charge in [0.2, 0.25) is 0 Å². The van der Waals surface area contributed by atoms with E-state index in [1.807, 2.05) is 24.3 Å². The van der Waals surface area contributed by atoms with E-state index in [2.05, 4.69) is 15.2 Å². The quantitative estimate of drug-likeness (QED) is 0.647. The minimum Gasteiger partial charge on any atom is -0.380 e. The number of hydrogen-bond donors (Lipinski definition) is 2. The molecule has 0 unspecified atom stereocenters. The van der Waals surface area contributed by atoms with Crippen LogP contribution < -0.4 is 11.1 Å². The predicted molar refractivity (Wildman–Crippen MR) is 94.6 cm³/mol. The maximum atomic E-state index is 6.09. The van der Waals surface area contributed by atoms with Gasteiger partial charge < -0.3 is 20.7 Å². The van der Waals surface area contributed by atoms with E-state index in [0.717, 1.165) is 30.1 Å². The Kier molecular flexibility index (Phi) is 5.51. The Morgan fingerprint density at radius 1 is 1.26 bits per heavy atom. The number of para-hydroxylation sites is 1. The minimum atomic E-state index is 0.365. The number of ether oxygens (including phenoxy) is 1. The number of hydrogen-bond acceptors (Lipinski definition) is 3. The summed E-state index contributed by atoms with van der Waals surface area (Å²) in [5.41, 5.74) is 8.15. The molecule has 3 rings (SSSR count). The van der Waals surface area contributed by atoms with Gasteiger partial charge in [-0.25, -0.2) is 4.99 Å². The molecule has 0 amide bonds. The molecule has 2 fully saturated rings. The molecular weight excluding hydrogens is 288 g/mol. The Bertz CT molecular complexity index is 534. The van der Waals surface area contributed by atoms with Crippen LogP contribution in [0.4, 0.5) is 5.69 Å². The van der Waals surface area contributed by atoms with Gasteiger partial charge in [-0.2, -0.15) is 0 Å². The molecule has 1 aromatic rings. The number of methoxy groups -OCH3 is 1. The number of nitrogens with zero attached hydrogens (tertiary/aromatic N) is 2. The van der Waals surface area contributed by atoms with Crippen molar-refractivity contribution >= 4 is 11.6 Å². The molecule has 0 spiro atoms. The Labute approximate surface area is 138 Å². The second-order valence-electron chi connectivity index (χ2n) is 6.61. The van der Waals surface area contributed by atoms with Crippen molar-refractivity contribution in [3.63, 3.8) is 0 Å². The molecule has 1 aliphatic heterocycles. The fourth-order valence-corrected chi connectivity index (χ4v) is 3.54. The van der Waals surface area contributed by atoms with Crippen LogP contribution in [0.1, 0.15) is 37.7 Å². The summed E-state index contributed by atoms with van der Waals surface area (Å²) in [4.78, 5) is 7.27.